The van der Waals surface area contributed by atoms with Crippen LogP contribution in [-0.2, 0) is 11.3 Å². The number of rotatable bonds is 6. The predicted molar refractivity (Wildman–Crippen MR) is 99.7 cm³/mol. The van der Waals surface area contributed by atoms with E-state index in [1.165, 1.54) is 0 Å². The largest absolute Gasteiger partial charge is 0.481 e. The first-order chi connectivity index (χ1) is 12.4. The molecule has 136 valence electrons. The van der Waals surface area contributed by atoms with Gasteiger partial charge in [-0.3, -0.25) is 4.79 Å². The first-order valence-electron chi connectivity index (χ1n) is 8.22. The molecule has 1 atom stereocenters. The molecule has 0 bridgehead atoms. The average Bonchev–Trinajstić information content (AvgIpc) is 3.25. The second-order valence-electron chi connectivity index (χ2n) is 6.07. The Bertz CT molecular complexity index is 880. The number of nitrogens with one attached hydrogen (secondary N) is 1. The highest BCUT2D eigenvalue weighted by molar-refractivity contribution is 6.32. The van der Waals surface area contributed by atoms with E-state index in [0.717, 1.165) is 16.9 Å². The average molecular weight is 374 g/mol. The lowest BCUT2D eigenvalue weighted by Crippen LogP contribution is -2.31. The third-order valence-electron chi connectivity index (χ3n) is 3.95. The molecular weight excluding hydrogens is 354 g/mol. The molecular formula is C19H20ClN3O3. The van der Waals surface area contributed by atoms with E-state index in [9.17, 15) is 4.79 Å². The Labute approximate surface area is 156 Å². The van der Waals surface area contributed by atoms with Crippen LogP contribution in [0.15, 0.2) is 47.2 Å². The van der Waals surface area contributed by atoms with E-state index >= 15 is 0 Å². The topological polar surface area (TPSA) is 69.3 Å². The molecule has 1 N–H and O–H groups in total. The highest BCUT2D eigenvalue weighted by atomic mass is 35.5. The molecule has 2 heterocycles. The van der Waals surface area contributed by atoms with Crippen molar-refractivity contribution in [2.75, 3.05) is 5.32 Å². The fraction of sp³-hybridized carbons (Fsp3) is 0.263. The number of aryl methyl sites for hydroxylation is 2. The van der Waals surface area contributed by atoms with Gasteiger partial charge in [0.2, 0.25) is 0 Å². The summed E-state index contributed by atoms with van der Waals surface area (Å²) in [5.41, 5.74) is 1.82. The SMILES string of the molecule is Cc1cc(O[C@@H](C)C(=O)Nc2ccnn2Cc2ccco2)cc(C)c1Cl. The van der Waals surface area contributed by atoms with Crippen molar-refractivity contribution < 1.29 is 13.9 Å². The Morgan fingerprint density at radius 1 is 1.35 bits per heavy atom. The van der Waals surface area contributed by atoms with Crippen LogP contribution >= 0.6 is 11.6 Å². The van der Waals surface area contributed by atoms with Crippen molar-refractivity contribution in [3.05, 3.63) is 64.7 Å². The highest BCUT2D eigenvalue weighted by Crippen LogP contribution is 2.26. The van der Waals surface area contributed by atoms with Crippen molar-refractivity contribution in [2.45, 2.75) is 33.4 Å². The Balaban J connectivity index is 1.66. The molecule has 0 fully saturated rings. The van der Waals surface area contributed by atoms with Gasteiger partial charge in [-0.25, -0.2) is 4.68 Å². The summed E-state index contributed by atoms with van der Waals surface area (Å²) in [7, 11) is 0. The van der Waals surface area contributed by atoms with Gasteiger partial charge in [-0.1, -0.05) is 11.6 Å². The van der Waals surface area contributed by atoms with Crippen molar-refractivity contribution in [2.24, 2.45) is 0 Å². The molecule has 0 spiro atoms. The summed E-state index contributed by atoms with van der Waals surface area (Å²) >= 11 is 6.17. The summed E-state index contributed by atoms with van der Waals surface area (Å²) in [6.07, 6.45) is 2.54. The monoisotopic (exact) mass is 373 g/mol. The molecule has 1 amide bonds. The fourth-order valence-electron chi connectivity index (χ4n) is 2.57. The minimum atomic E-state index is -0.679. The molecule has 7 heteroatoms. The number of benzene rings is 1. The van der Waals surface area contributed by atoms with Crippen LogP contribution in [-0.4, -0.2) is 21.8 Å². The Kier molecular flexibility index (Phi) is 5.32. The standard InChI is InChI=1S/C19H20ClN3O3/c1-12-9-16(10-13(2)18(12)20)26-14(3)19(24)22-17-6-7-21-23(17)11-15-5-4-8-25-15/h4-10,14H,11H2,1-3H3,(H,22,24)/t14-/m0/s1. The van der Waals surface area contributed by atoms with Crippen molar-refractivity contribution >= 4 is 23.3 Å². The zero-order valence-corrected chi connectivity index (χ0v) is 15.6. The van der Waals surface area contributed by atoms with Gasteiger partial charge in [-0.2, -0.15) is 5.10 Å². The Morgan fingerprint density at radius 2 is 2.08 bits per heavy atom. The minimum Gasteiger partial charge on any atom is -0.481 e. The summed E-state index contributed by atoms with van der Waals surface area (Å²) < 4.78 is 12.7. The molecule has 0 aliphatic rings. The third-order valence-corrected chi connectivity index (χ3v) is 4.54. The zero-order valence-electron chi connectivity index (χ0n) is 14.8. The number of anilines is 1. The van der Waals surface area contributed by atoms with Gasteiger partial charge >= 0.3 is 0 Å². The number of amides is 1. The van der Waals surface area contributed by atoms with Gasteiger partial charge in [-0.05, 0) is 56.2 Å². The fourth-order valence-corrected chi connectivity index (χ4v) is 2.68. The van der Waals surface area contributed by atoms with Crippen LogP contribution in [0.4, 0.5) is 5.82 Å². The summed E-state index contributed by atoms with van der Waals surface area (Å²) in [4.78, 5) is 12.5. The number of ether oxygens (including phenoxy) is 1. The lowest BCUT2D eigenvalue weighted by atomic mass is 10.1. The van der Waals surface area contributed by atoms with Gasteiger partial charge in [0.1, 0.15) is 23.9 Å². The van der Waals surface area contributed by atoms with Crippen molar-refractivity contribution in [3.8, 4) is 5.75 Å². The van der Waals surface area contributed by atoms with Crippen LogP contribution in [0.1, 0.15) is 23.8 Å². The van der Waals surface area contributed by atoms with Gasteiger partial charge in [0.05, 0.1) is 12.5 Å². The predicted octanol–water partition coefficient (Wildman–Crippen LogP) is 4.20. The molecule has 1 aromatic carbocycles. The smallest absolute Gasteiger partial charge is 0.266 e. The Hall–Kier alpha value is -2.73. The van der Waals surface area contributed by atoms with Crippen LogP contribution in [0.2, 0.25) is 5.02 Å². The molecule has 3 aromatic rings. The van der Waals surface area contributed by atoms with Crippen LogP contribution in [0, 0.1) is 13.8 Å². The van der Waals surface area contributed by atoms with Gasteiger partial charge in [0.15, 0.2) is 6.10 Å². The van der Waals surface area contributed by atoms with E-state index < -0.39 is 6.10 Å². The number of carbonyl (C=O) groups excluding carboxylic acids is 1. The first kappa shape index (κ1) is 18.1. The van der Waals surface area contributed by atoms with E-state index in [2.05, 4.69) is 10.4 Å². The lowest BCUT2D eigenvalue weighted by Gasteiger charge is -2.16. The number of aromatic nitrogens is 2. The van der Waals surface area contributed by atoms with Gasteiger partial charge in [0.25, 0.3) is 5.91 Å². The molecule has 0 saturated heterocycles. The van der Waals surface area contributed by atoms with E-state index in [1.54, 1.807) is 30.1 Å². The maximum atomic E-state index is 12.5. The maximum absolute atomic E-state index is 12.5. The molecule has 26 heavy (non-hydrogen) atoms. The minimum absolute atomic E-state index is 0.267. The van der Waals surface area contributed by atoms with Crippen molar-refractivity contribution in [3.63, 3.8) is 0 Å². The van der Waals surface area contributed by atoms with Gasteiger partial charge in [-0.15, -0.1) is 0 Å². The number of carbonyl (C=O) groups is 1. The Morgan fingerprint density at radius 3 is 2.73 bits per heavy atom. The number of hydrogen-bond acceptors (Lipinski definition) is 4. The van der Waals surface area contributed by atoms with Crippen molar-refractivity contribution in [1.29, 1.82) is 0 Å². The van der Waals surface area contributed by atoms with E-state index in [0.29, 0.717) is 23.1 Å². The highest BCUT2D eigenvalue weighted by Gasteiger charge is 2.18. The van der Waals surface area contributed by atoms with Gasteiger partial charge < -0.3 is 14.5 Å². The van der Waals surface area contributed by atoms with Crippen molar-refractivity contribution in [1.82, 2.24) is 9.78 Å². The molecule has 3 rings (SSSR count). The van der Waals surface area contributed by atoms with E-state index in [-0.39, 0.29) is 5.91 Å². The molecule has 2 aromatic heterocycles. The quantitative estimate of drug-likeness (QED) is 0.703. The third kappa shape index (κ3) is 4.08. The van der Waals surface area contributed by atoms with Crippen LogP contribution < -0.4 is 10.1 Å². The first-order valence-corrected chi connectivity index (χ1v) is 8.60. The van der Waals surface area contributed by atoms with Gasteiger partial charge in [0, 0.05) is 11.1 Å². The normalized spacial score (nSPS) is 12.0. The second-order valence-corrected chi connectivity index (χ2v) is 6.45. The summed E-state index contributed by atoms with van der Waals surface area (Å²) in [6.45, 7) is 5.93. The second kappa shape index (κ2) is 7.66. The maximum Gasteiger partial charge on any atom is 0.266 e. The number of furan rings is 1. The van der Waals surface area contributed by atoms with E-state index in [4.69, 9.17) is 20.8 Å². The lowest BCUT2D eigenvalue weighted by molar-refractivity contribution is -0.122. The molecule has 6 nitrogen and oxygen atoms in total. The van der Waals surface area contributed by atoms with E-state index in [1.807, 2.05) is 38.1 Å². The summed E-state index contributed by atoms with van der Waals surface area (Å²) in [5.74, 6) is 1.67. The van der Waals surface area contributed by atoms with Crippen LogP contribution in [0.3, 0.4) is 0 Å². The summed E-state index contributed by atoms with van der Waals surface area (Å²) in [5, 5.41) is 7.74. The molecule has 0 radical (unpaired) electrons. The molecule has 0 unspecified atom stereocenters. The summed E-state index contributed by atoms with van der Waals surface area (Å²) in [6, 6.07) is 9.03. The molecule has 0 saturated carbocycles. The number of halogens is 1. The zero-order chi connectivity index (χ0) is 18.7. The number of hydrogen-bond donors (Lipinski definition) is 1. The molecule has 0 aliphatic heterocycles. The number of nitrogens with zero attached hydrogens (tertiary/aromatic N) is 2. The molecule has 0 aliphatic carbocycles. The van der Waals surface area contributed by atoms with Crippen LogP contribution in [0.25, 0.3) is 0 Å². The van der Waals surface area contributed by atoms with Crippen LogP contribution in [0.5, 0.6) is 5.75 Å².